The Morgan fingerprint density at radius 1 is 1.30 bits per heavy atom. The standard InChI is InChI=1S/C15H20N2OS.ClH/c18-15(11-19-13-4-2-1-3-5-13)17-9-7-14-12(10-17)6-8-16-14;/h1-5,12,14,16H,6-11H2;1H. The van der Waals surface area contributed by atoms with E-state index in [1.807, 2.05) is 18.2 Å². The van der Waals surface area contributed by atoms with Crippen LogP contribution in [0.5, 0.6) is 0 Å². The minimum atomic E-state index is 0. The van der Waals surface area contributed by atoms with E-state index < -0.39 is 0 Å². The van der Waals surface area contributed by atoms with Crippen LogP contribution in [0.4, 0.5) is 0 Å². The molecule has 2 heterocycles. The van der Waals surface area contributed by atoms with Crippen LogP contribution in [0.25, 0.3) is 0 Å². The third-order valence-electron chi connectivity index (χ3n) is 4.11. The van der Waals surface area contributed by atoms with E-state index in [0.29, 0.717) is 23.6 Å². The maximum absolute atomic E-state index is 12.2. The molecule has 1 aromatic carbocycles. The van der Waals surface area contributed by atoms with Crippen molar-refractivity contribution in [3.05, 3.63) is 30.3 Å². The summed E-state index contributed by atoms with van der Waals surface area (Å²) in [6, 6.07) is 10.8. The molecule has 1 aromatic rings. The van der Waals surface area contributed by atoms with Gasteiger partial charge in [0, 0.05) is 24.0 Å². The summed E-state index contributed by atoms with van der Waals surface area (Å²) >= 11 is 1.64. The second kappa shape index (κ2) is 7.34. The van der Waals surface area contributed by atoms with Crippen molar-refractivity contribution in [2.24, 2.45) is 5.92 Å². The zero-order valence-electron chi connectivity index (χ0n) is 11.5. The van der Waals surface area contributed by atoms with Crippen molar-refractivity contribution in [3.8, 4) is 0 Å². The smallest absolute Gasteiger partial charge is 0.232 e. The first kappa shape index (κ1) is 15.7. The Morgan fingerprint density at radius 2 is 2.10 bits per heavy atom. The Morgan fingerprint density at radius 3 is 2.90 bits per heavy atom. The molecular weight excluding hydrogens is 292 g/mol. The maximum atomic E-state index is 12.2. The fraction of sp³-hybridized carbons (Fsp3) is 0.533. The van der Waals surface area contributed by atoms with Crippen LogP contribution < -0.4 is 5.32 Å². The van der Waals surface area contributed by atoms with Crippen LogP contribution >= 0.6 is 24.2 Å². The Bertz CT molecular complexity index is 443. The van der Waals surface area contributed by atoms with Crippen molar-refractivity contribution in [2.45, 2.75) is 23.8 Å². The monoisotopic (exact) mass is 312 g/mol. The van der Waals surface area contributed by atoms with E-state index in [1.165, 1.54) is 11.3 Å². The number of benzene rings is 1. The molecule has 3 rings (SSSR count). The zero-order chi connectivity index (χ0) is 13.1. The average molecular weight is 313 g/mol. The van der Waals surface area contributed by atoms with E-state index in [-0.39, 0.29) is 12.4 Å². The van der Waals surface area contributed by atoms with Gasteiger partial charge in [-0.2, -0.15) is 0 Å². The van der Waals surface area contributed by atoms with Crippen LogP contribution in [0.1, 0.15) is 12.8 Å². The largest absolute Gasteiger partial charge is 0.342 e. The van der Waals surface area contributed by atoms with E-state index >= 15 is 0 Å². The molecule has 1 N–H and O–H groups in total. The van der Waals surface area contributed by atoms with Gasteiger partial charge in [-0.15, -0.1) is 24.2 Å². The second-order valence-corrected chi connectivity index (χ2v) is 6.39. The summed E-state index contributed by atoms with van der Waals surface area (Å²) in [4.78, 5) is 15.5. The van der Waals surface area contributed by atoms with Crippen molar-refractivity contribution in [3.63, 3.8) is 0 Å². The lowest BCUT2D eigenvalue weighted by Crippen LogP contribution is -2.47. The molecule has 1 amide bonds. The minimum Gasteiger partial charge on any atom is -0.342 e. The molecule has 2 unspecified atom stereocenters. The SMILES string of the molecule is Cl.O=C(CSc1ccccc1)N1CCC2NCCC2C1. The van der Waals surface area contributed by atoms with Crippen LogP contribution in [0.3, 0.4) is 0 Å². The van der Waals surface area contributed by atoms with Crippen molar-refractivity contribution >= 4 is 30.1 Å². The summed E-state index contributed by atoms with van der Waals surface area (Å²) in [5, 5.41) is 3.53. The highest BCUT2D eigenvalue weighted by Crippen LogP contribution is 2.25. The molecule has 2 saturated heterocycles. The van der Waals surface area contributed by atoms with E-state index in [9.17, 15) is 4.79 Å². The summed E-state index contributed by atoms with van der Waals surface area (Å²) < 4.78 is 0. The van der Waals surface area contributed by atoms with Crippen LogP contribution in [-0.4, -0.2) is 42.2 Å². The van der Waals surface area contributed by atoms with Gasteiger partial charge in [-0.3, -0.25) is 4.79 Å². The number of likely N-dealkylation sites (tertiary alicyclic amines) is 1. The molecule has 2 aliphatic rings. The molecule has 5 heteroatoms. The molecule has 110 valence electrons. The van der Waals surface area contributed by atoms with Crippen LogP contribution in [0, 0.1) is 5.92 Å². The summed E-state index contributed by atoms with van der Waals surface area (Å²) in [6.07, 6.45) is 2.34. The van der Waals surface area contributed by atoms with Gasteiger partial charge in [0.15, 0.2) is 0 Å². The molecule has 3 nitrogen and oxygen atoms in total. The van der Waals surface area contributed by atoms with Crippen molar-refractivity contribution in [1.29, 1.82) is 0 Å². The Hall–Kier alpha value is -0.710. The van der Waals surface area contributed by atoms with E-state index in [4.69, 9.17) is 0 Å². The molecule has 2 atom stereocenters. The molecule has 0 saturated carbocycles. The Kier molecular flexibility index (Phi) is 5.75. The first-order valence-corrected chi connectivity index (χ1v) is 8.00. The fourth-order valence-corrected chi connectivity index (χ4v) is 3.85. The number of rotatable bonds is 3. The molecule has 2 aliphatic heterocycles. The molecular formula is C15H21ClN2OS. The van der Waals surface area contributed by atoms with Crippen LogP contribution in [0.15, 0.2) is 35.2 Å². The van der Waals surface area contributed by atoms with Gasteiger partial charge < -0.3 is 10.2 Å². The number of hydrogen-bond acceptors (Lipinski definition) is 3. The third kappa shape index (κ3) is 3.68. The number of nitrogens with one attached hydrogen (secondary N) is 1. The van der Waals surface area contributed by atoms with Crippen molar-refractivity contribution in [1.82, 2.24) is 10.2 Å². The molecule has 0 radical (unpaired) electrons. The van der Waals surface area contributed by atoms with Crippen LogP contribution in [-0.2, 0) is 4.79 Å². The van der Waals surface area contributed by atoms with Gasteiger partial charge in [0.05, 0.1) is 5.75 Å². The van der Waals surface area contributed by atoms with Gasteiger partial charge in [-0.1, -0.05) is 18.2 Å². The Balaban J connectivity index is 0.00000147. The number of thioether (sulfide) groups is 1. The first-order chi connectivity index (χ1) is 9.33. The van der Waals surface area contributed by atoms with E-state index in [0.717, 1.165) is 26.1 Å². The van der Waals surface area contributed by atoms with Gasteiger partial charge >= 0.3 is 0 Å². The summed E-state index contributed by atoms with van der Waals surface area (Å²) in [6.45, 7) is 2.99. The highest BCUT2D eigenvalue weighted by Gasteiger charge is 2.34. The summed E-state index contributed by atoms with van der Waals surface area (Å²) in [7, 11) is 0. The topological polar surface area (TPSA) is 32.3 Å². The molecule has 0 aromatic heterocycles. The molecule has 2 fully saturated rings. The molecule has 0 aliphatic carbocycles. The number of carbonyl (C=O) groups is 1. The van der Waals surface area contributed by atoms with Gasteiger partial charge in [0.1, 0.15) is 0 Å². The zero-order valence-corrected chi connectivity index (χ0v) is 13.1. The molecule has 0 bridgehead atoms. The van der Waals surface area contributed by atoms with Crippen molar-refractivity contribution in [2.75, 3.05) is 25.4 Å². The number of amides is 1. The normalized spacial score (nSPS) is 24.9. The lowest BCUT2D eigenvalue weighted by molar-refractivity contribution is -0.130. The third-order valence-corrected chi connectivity index (χ3v) is 5.11. The number of carbonyl (C=O) groups excluding carboxylic acids is 1. The maximum Gasteiger partial charge on any atom is 0.232 e. The summed E-state index contributed by atoms with van der Waals surface area (Å²) in [5.74, 6) is 1.54. The van der Waals surface area contributed by atoms with Gasteiger partial charge in [-0.25, -0.2) is 0 Å². The fourth-order valence-electron chi connectivity index (χ4n) is 3.03. The number of fused-ring (bicyclic) bond motifs is 1. The Labute approximate surface area is 130 Å². The lowest BCUT2D eigenvalue weighted by Gasteiger charge is -2.34. The van der Waals surface area contributed by atoms with Crippen LogP contribution in [0.2, 0.25) is 0 Å². The lowest BCUT2D eigenvalue weighted by atomic mass is 9.93. The predicted octanol–water partition coefficient (Wildman–Crippen LogP) is 2.41. The first-order valence-electron chi connectivity index (χ1n) is 7.02. The summed E-state index contributed by atoms with van der Waals surface area (Å²) in [5.41, 5.74) is 0. The van der Waals surface area contributed by atoms with Gasteiger partial charge in [-0.05, 0) is 37.4 Å². The van der Waals surface area contributed by atoms with Crippen molar-refractivity contribution < 1.29 is 4.79 Å². The predicted molar refractivity (Wildman–Crippen MR) is 85.5 cm³/mol. The average Bonchev–Trinajstić information content (AvgIpc) is 2.93. The number of halogens is 1. The van der Waals surface area contributed by atoms with E-state index in [2.05, 4.69) is 22.3 Å². The number of nitrogens with zero attached hydrogens (tertiary/aromatic N) is 1. The van der Waals surface area contributed by atoms with Gasteiger partial charge in [0.25, 0.3) is 0 Å². The quantitative estimate of drug-likeness (QED) is 0.870. The number of piperidine rings is 1. The molecule has 0 spiro atoms. The van der Waals surface area contributed by atoms with Gasteiger partial charge in [0.2, 0.25) is 5.91 Å². The number of hydrogen-bond donors (Lipinski definition) is 1. The minimum absolute atomic E-state index is 0. The highest BCUT2D eigenvalue weighted by molar-refractivity contribution is 8.00. The second-order valence-electron chi connectivity index (χ2n) is 5.34. The highest BCUT2D eigenvalue weighted by atomic mass is 35.5. The molecule has 20 heavy (non-hydrogen) atoms. The van der Waals surface area contributed by atoms with E-state index in [1.54, 1.807) is 11.8 Å².